The average molecular weight is 412 g/mol. The van der Waals surface area contributed by atoms with E-state index in [1.54, 1.807) is 5.49 Å². The van der Waals surface area contributed by atoms with Gasteiger partial charge in [0.05, 0.1) is 11.2 Å². The predicted octanol–water partition coefficient (Wildman–Crippen LogP) is 5.66. The largest absolute Gasteiger partial charge is 0.467 e. The normalized spacial score (nSPS) is 17.9. The lowest BCUT2D eigenvalue weighted by Crippen LogP contribution is -2.53. The molecule has 1 aliphatic rings. The minimum atomic E-state index is -0.599. The van der Waals surface area contributed by atoms with Crippen LogP contribution in [0.5, 0.6) is 11.5 Å². The van der Waals surface area contributed by atoms with Crippen molar-refractivity contribution in [1.29, 1.82) is 0 Å². The standard InChI is InChI=1S/C24H29NO3S/c1-14-9-8-10-15(2)21(14)25(13-29)24(7)12-11-20-18(5)22(27-19(6)26)16(3)17(4)23(20)28-24/h8-10,13H,11-12H2,1-7H3. The van der Waals surface area contributed by atoms with Crippen molar-refractivity contribution in [3.8, 4) is 11.5 Å². The summed E-state index contributed by atoms with van der Waals surface area (Å²) in [5.74, 6) is 1.22. The molecule has 5 heteroatoms. The van der Waals surface area contributed by atoms with Gasteiger partial charge in [0.25, 0.3) is 0 Å². The van der Waals surface area contributed by atoms with Crippen LogP contribution in [0.4, 0.5) is 5.69 Å². The van der Waals surface area contributed by atoms with Crippen LogP contribution in [0, 0.1) is 34.6 Å². The Morgan fingerprint density at radius 1 is 1.14 bits per heavy atom. The van der Waals surface area contributed by atoms with E-state index in [4.69, 9.17) is 21.7 Å². The number of hydrogen-bond donors (Lipinski definition) is 0. The van der Waals surface area contributed by atoms with Gasteiger partial charge in [0.15, 0.2) is 5.72 Å². The molecular weight excluding hydrogens is 382 g/mol. The molecule has 0 amide bonds. The van der Waals surface area contributed by atoms with E-state index in [0.29, 0.717) is 5.75 Å². The maximum atomic E-state index is 11.6. The molecule has 0 aromatic heterocycles. The molecule has 2 aromatic carbocycles. The zero-order chi connectivity index (χ0) is 21.5. The molecule has 1 aliphatic heterocycles. The van der Waals surface area contributed by atoms with Crippen LogP contribution in [-0.2, 0) is 11.2 Å². The monoisotopic (exact) mass is 411 g/mol. The first-order valence-electron chi connectivity index (χ1n) is 9.91. The Hall–Kier alpha value is -2.40. The molecular formula is C24H29NO3S. The number of rotatable bonds is 4. The molecule has 1 unspecified atom stereocenters. The third-order valence-electron chi connectivity index (χ3n) is 6.01. The smallest absolute Gasteiger partial charge is 0.308 e. The molecule has 154 valence electrons. The highest BCUT2D eigenvalue weighted by Gasteiger charge is 2.40. The number of fused-ring (bicyclic) bond motifs is 1. The molecule has 0 radical (unpaired) electrons. The van der Waals surface area contributed by atoms with E-state index in [1.165, 1.54) is 6.92 Å². The third-order valence-corrected chi connectivity index (χ3v) is 6.22. The Kier molecular flexibility index (Phi) is 5.72. The summed E-state index contributed by atoms with van der Waals surface area (Å²) in [4.78, 5) is 13.7. The first-order chi connectivity index (χ1) is 13.6. The number of carbonyl (C=O) groups excluding carboxylic acids is 1. The van der Waals surface area contributed by atoms with E-state index in [1.807, 2.05) is 20.8 Å². The molecule has 0 saturated carbocycles. The molecule has 1 atom stereocenters. The van der Waals surface area contributed by atoms with Crippen molar-refractivity contribution in [1.82, 2.24) is 0 Å². The second kappa shape index (κ2) is 7.79. The Morgan fingerprint density at radius 3 is 2.31 bits per heavy atom. The molecule has 29 heavy (non-hydrogen) atoms. The number of nitrogens with zero attached hydrogens (tertiary/aromatic N) is 1. The van der Waals surface area contributed by atoms with Gasteiger partial charge in [0.1, 0.15) is 11.5 Å². The lowest BCUT2D eigenvalue weighted by Gasteiger charge is -2.45. The molecule has 0 N–H and O–H groups in total. The lowest BCUT2D eigenvalue weighted by atomic mass is 9.89. The fraction of sp³-hybridized carbons (Fsp3) is 0.417. The van der Waals surface area contributed by atoms with Gasteiger partial charge in [-0.25, -0.2) is 0 Å². The van der Waals surface area contributed by atoms with Crippen LogP contribution < -0.4 is 14.4 Å². The van der Waals surface area contributed by atoms with E-state index in [2.05, 4.69) is 43.9 Å². The van der Waals surface area contributed by atoms with Crippen LogP contribution in [0.1, 0.15) is 53.6 Å². The first-order valence-corrected chi connectivity index (χ1v) is 10.4. The summed E-state index contributed by atoms with van der Waals surface area (Å²) in [5.41, 5.74) is 8.53. The van der Waals surface area contributed by atoms with Crippen molar-refractivity contribution in [2.75, 3.05) is 4.90 Å². The highest BCUT2D eigenvalue weighted by molar-refractivity contribution is 7.79. The number of ether oxygens (including phenoxy) is 2. The van der Waals surface area contributed by atoms with Crippen molar-refractivity contribution in [2.24, 2.45) is 0 Å². The van der Waals surface area contributed by atoms with Gasteiger partial charge in [-0.2, -0.15) is 0 Å². The zero-order valence-corrected chi connectivity index (χ0v) is 19.1. The van der Waals surface area contributed by atoms with E-state index >= 15 is 0 Å². The summed E-state index contributed by atoms with van der Waals surface area (Å²) in [6, 6.07) is 6.25. The summed E-state index contributed by atoms with van der Waals surface area (Å²) in [5, 5.41) is 0. The Balaban J connectivity index is 2.10. The fourth-order valence-corrected chi connectivity index (χ4v) is 4.60. The molecule has 2 aromatic rings. The Morgan fingerprint density at radius 2 is 1.76 bits per heavy atom. The maximum Gasteiger partial charge on any atom is 0.308 e. The fourth-order valence-electron chi connectivity index (χ4n) is 4.28. The number of anilines is 1. The zero-order valence-electron chi connectivity index (χ0n) is 18.3. The molecule has 0 bridgehead atoms. The van der Waals surface area contributed by atoms with E-state index in [0.717, 1.165) is 57.7 Å². The molecule has 1 heterocycles. The van der Waals surface area contributed by atoms with Crippen molar-refractivity contribution in [2.45, 2.75) is 67.0 Å². The molecule has 0 spiro atoms. The number of aryl methyl sites for hydroxylation is 2. The third kappa shape index (κ3) is 3.64. The SMILES string of the molecule is CC(=O)Oc1c(C)c(C)c2c(c1C)CCC(C)(N(C=S)c1c(C)cccc1C)O2. The number of benzene rings is 2. The summed E-state index contributed by atoms with van der Waals surface area (Å²) in [6.45, 7) is 13.7. The topological polar surface area (TPSA) is 38.8 Å². The molecule has 4 nitrogen and oxygen atoms in total. The van der Waals surface area contributed by atoms with Crippen molar-refractivity contribution < 1.29 is 14.3 Å². The molecule has 0 aliphatic carbocycles. The van der Waals surface area contributed by atoms with Gasteiger partial charge in [-0.1, -0.05) is 30.4 Å². The van der Waals surface area contributed by atoms with E-state index < -0.39 is 5.72 Å². The minimum Gasteiger partial charge on any atom is -0.467 e. The highest BCUT2D eigenvalue weighted by Crippen LogP contribution is 2.45. The second-order valence-electron chi connectivity index (χ2n) is 8.10. The maximum absolute atomic E-state index is 11.6. The number of carbonyl (C=O) groups is 1. The van der Waals surface area contributed by atoms with Crippen LogP contribution in [0.2, 0.25) is 0 Å². The number of esters is 1. The van der Waals surface area contributed by atoms with Crippen molar-refractivity contribution in [3.05, 3.63) is 51.6 Å². The summed E-state index contributed by atoms with van der Waals surface area (Å²) in [7, 11) is 0. The minimum absolute atomic E-state index is 0.306. The van der Waals surface area contributed by atoms with E-state index in [9.17, 15) is 4.79 Å². The van der Waals surface area contributed by atoms with Gasteiger partial charge in [0, 0.05) is 18.9 Å². The summed E-state index contributed by atoms with van der Waals surface area (Å²) >= 11 is 5.44. The van der Waals surface area contributed by atoms with Gasteiger partial charge >= 0.3 is 5.97 Å². The van der Waals surface area contributed by atoms with Gasteiger partial charge < -0.3 is 9.47 Å². The highest BCUT2D eigenvalue weighted by atomic mass is 32.1. The molecule has 3 rings (SSSR count). The molecule has 0 saturated heterocycles. The lowest BCUT2D eigenvalue weighted by molar-refractivity contribution is -0.132. The quantitative estimate of drug-likeness (QED) is 0.369. The second-order valence-corrected chi connectivity index (χ2v) is 8.31. The van der Waals surface area contributed by atoms with Crippen molar-refractivity contribution in [3.63, 3.8) is 0 Å². The number of para-hydroxylation sites is 1. The Labute approximate surface area is 178 Å². The molecule has 0 fully saturated rings. The average Bonchev–Trinajstić information content (AvgIpc) is 2.66. The van der Waals surface area contributed by atoms with Crippen LogP contribution in [0.25, 0.3) is 0 Å². The number of thiocarbonyl (C=S) groups is 1. The summed E-state index contributed by atoms with van der Waals surface area (Å²) < 4.78 is 12.2. The van der Waals surface area contributed by atoms with Crippen molar-refractivity contribution >= 4 is 29.4 Å². The van der Waals surface area contributed by atoms with Gasteiger partial charge in [0.2, 0.25) is 0 Å². The predicted molar refractivity (Wildman–Crippen MR) is 121 cm³/mol. The Bertz CT molecular complexity index is 978. The van der Waals surface area contributed by atoms with Gasteiger partial charge in [-0.05, 0) is 75.8 Å². The van der Waals surface area contributed by atoms with Crippen LogP contribution in [0.3, 0.4) is 0 Å². The number of hydrogen-bond acceptors (Lipinski definition) is 4. The summed E-state index contributed by atoms with van der Waals surface area (Å²) in [6.07, 6.45) is 1.58. The van der Waals surface area contributed by atoms with Gasteiger partial charge in [-0.15, -0.1) is 0 Å². The van der Waals surface area contributed by atoms with Crippen LogP contribution in [-0.4, -0.2) is 17.2 Å². The van der Waals surface area contributed by atoms with Crippen LogP contribution in [0.15, 0.2) is 18.2 Å². The van der Waals surface area contributed by atoms with Gasteiger partial charge in [-0.3, -0.25) is 9.69 Å². The first kappa shape index (κ1) is 21.3. The van der Waals surface area contributed by atoms with E-state index in [-0.39, 0.29) is 5.97 Å². The van der Waals surface area contributed by atoms with Crippen LogP contribution >= 0.6 is 12.2 Å².